The molecule has 0 spiro atoms. The summed E-state index contributed by atoms with van der Waals surface area (Å²) in [5.41, 5.74) is 0.612. The highest BCUT2D eigenvalue weighted by Crippen LogP contribution is 2.12. The van der Waals surface area contributed by atoms with Gasteiger partial charge < -0.3 is 10.1 Å². The van der Waals surface area contributed by atoms with Crippen molar-refractivity contribution in [1.82, 2.24) is 20.2 Å². The van der Waals surface area contributed by atoms with Crippen molar-refractivity contribution < 1.29 is 9.53 Å². The lowest BCUT2D eigenvalue weighted by Crippen LogP contribution is -2.10. The maximum atomic E-state index is 10.6. The summed E-state index contributed by atoms with van der Waals surface area (Å²) >= 11 is 0. The van der Waals surface area contributed by atoms with Gasteiger partial charge in [0.15, 0.2) is 0 Å². The van der Waals surface area contributed by atoms with Gasteiger partial charge in [-0.15, -0.1) is 0 Å². The van der Waals surface area contributed by atoms with Crippen LogP contribution in [0.2, 0.25) is 0 Å². The molecule has 7 heteroatoms. The molecule has 0 saturated carbocycles. The molecule has 0 atom stereocenters. The van der Waals surface area contributed by atoms with Crippen molar-refractivity contribution >= 4 is 12.2 Å². The molecule has 0 aliphatic heterocycles. The van der Waals surface area contributed by atoms with Crippen LogP contribution in [0.5, 0.6) is 5.75 Å². The summed E-state index contributed by atoms with van der Waals surface area (Å²) in [6.45, 7) is 1.27. The third-order valence-corrected chi connectivity index (χ3v) is 2.49. The van der Waals surface area contributed by atoms with Crippen LogP contribution in [0.15, 0.2) is 24.3 Å². The molecule has 0 saturated heterocycles. The monoisotopic (exact) mass is 261 g/mol. The molecule has 1 heterocycles. The summed E-state index contributed by atoms with van der Waals surface area (Å²) in [6.07, 6.45) is 1.60. The second-order valence-electron chi connectivity index (χ2n) is 3.95. The van der Waals surface area contributed by atoms with E-state index in [1.807, 2.05) is 6.07 Å². The first kappa shape index (κ1) is 13.0. The maximum Gasteiger partial charge on any atom is 0.242 e. The molecule has 1 N–H and O–H groups in total. The highest BCUT2D eigenvalue weighted by atomic mass is 16.5. The largest absolute Gasteiger partial charge is 0.494 e. The quantitative estimate of drug-likeness (QED) is 0.589. The summed E-state index contributed by atoms with van der Waals surface area (Å²) < 4.78 is 7.10. The molecule has 0 amide bonds. The van der Waals surface area contributed by atoms with Crippen LogP contribution in [-0.2, 0) is 7.05 Å². The van der Waals surface area contributed by atoms with Crippen LogP contribution in [-0.4, -0.2) is 39.6 Å². The van der Waals surface area contributed by atoms with Crippen molar-refractivity contribution in [3.63, 3.8) is 0 Å². The Morgan fingerprint density at radius 3 is 3.11 bits per heavy atom. The number of carbonyl (C=O) groups excluding carboxylic acids is 1. The Balaban J connectivity index is 1.69. The van der Waals surface area contributed by atoms with E-state index in [9.17, 15) is 4.79 Å². The number of carbonyl (C=O) groups is 1. The lowest BCUT2D eigenvalue weighted by atomic mass is 10.2. The van der Waals surface area contributed by atoms with E-state index in [2.05, 4.69) is 20.8 Å². The zero-order valence-electron chi connectivity index (χ0n) is 10.6. The average molecular weight is 261 g/mol. The van der Waals surface area contributed by atoms with Crippen LogP contribution in [0.4, 0.5) is 5.95 Å². The molecule has 19 heavy (non-hydrogen) atoms. The maximum absolute atomic E-state index is 10.6. The van der Waals surface area contributed by atoms with Crippen LogP contribution >= 0.6 is 0 Å². The Labute approximate surface area is 110 Å². The standard InChI is InChI=1S/C12H15N5O2/c1-17-12(14-15-16-17)13-6-3-7-19-11-5-2-4-10(8-11)9-18/h2,4-5,8-9H,3,6-7H2,1H3,(H,13,14,16). The molecule has 100 valence electrons. The first-order valence-corrected chi connectivity index (χ1v) is 5.94. The third-order valence-electron chi connectivity index (χ3n) is 2.49. The number of aldehydes is 1. The van der Waals surface area contributed by atoms with Crippen LogP contribution in [0.25, 0.3) is 0 Å². The molecule has 0 radical (unpaired) electrons. The minimum absolute atomic E-state index is 0.556. The van der Waals surface area contributed by atoms with E-state index < -0.39 is 0 Å². The van der Waals surface area contributed by atoms with Gasteiger partial charge in [-0.3, -0.25) is 4.79 Å². The fraction of sp³-hybridized carbons (Fsp3) is 0.333. The Kier molecular flexibility index (Phi) is 4.44. The molecular formula is C12H15N5O2. The highest BCUT2D eigenvalue weighted by molar-refractivity contribution is 5.75. The topological polar surface area (TPSA) is 81.9 Å². The van der Waals surface area contributed by atoms with Crippen LogP contribution in [0.3, 0.4) is 0 Å². The smallest absolute Gasteiger partial charge is 0.242 e. The Morgan fingerprint density at radius 2 is 2.37 bits per heavy atom. The van der Waals surface area contributed by atoms with Crippen molar-refractivity contribution in [3.05, 3.63) is 29.8 Å². The van der Waals surface area contributed by atoms with E-state index >= 15 is 0 Å². The summed E-state index contributed by atoms with van der Waals surface area (Å²) in [5, 5.41) is 14.1. The normalized spacial score (nSPS) is 10.2. The van der Waals surface area contributed by atoms with Gasteiger partial charge in [0.25, 0.3) is 0 Å². The minimum atomic E-state index is 0.556. The second-order valence-corrected chi connectivity index (χ2v) is 3.95. The van der Waals surface area contributed by atoms with Crippen molar-refractivity contribution in [3.8, 4) is 5.75 Å². The Hall–Kier alpha value is -2.44. The number of aromatic nitrogens is 4. The second kappa shape index (κ2) is 6.48. The number of benzene rings is 1. The number of hydrogen-bond donors (Lipinski definition) is 1. The molecule has 0 unspecified atom stereocenters. The molecule has 2 aromatic rings. The van der Waals surface area contributed by atoms with E-state index in [-0.39, 0.29) is 0 Å². The van der Waals surface area contributed by atoms with Crippen molar-refractivity contribution in [2.75, 3.05) is 18.5 Å². The van der Waals surface area contributed by atoms with Gasteiger partial charge in [-0.25, -0.2) is 4.68 Å². The predicted octanol–water partition coefficient (Wildman–Crippen LogP) is 0.904. The number of tetrazole rings is 1. The summed E-state index contributed by atoms with van der Waals surface area (Å²) in [7, 11) is 1.77. The van der Waals surface area contributed by atoms with Gasteiger partial charge in [0.2, 0.25) is 5.95 Å². The van der Waals surface area contributed by atoms with Gasteiger partial charge in [0.1, 0.15) is 12.0 Å². The molecule has 0 fully saturated rings. The van der Waals surface area contributed by atoms with Gasteiger partial charge in [0, 0.05) is 19.2 Å². The zero-order valence-corrected chi connectivity index (χ0v) is 10.6. The summed E-state index contributed by atoms with van der Waals surface area (Å²) in [6, 6.07) is 7.07. The van der Waals surface area contributed by atoms with Crippen molar-refractivity contribution in [2.45, 2.75) is 6.42 Å². The molecule has 0 bridgehead atoms. The minimum Gasteiger partial charge on any atom is -0.494 e. The Morgan fingerprint density at radius 1 is 1.47 bits per heavy atom. The summed E-state index contributed by atoms with van der Waals surface area (Å²) in [5.74, 6) is 1.33. The SMILES string of the molecule is Cn1nnnc1NCCCOc1cccc(C=O)c1. The number of aryl methyl sites for hydroxylation is 1. The van der Waals surface area contributed by atoms with Gasteiger partial charge in [-0.05, 0) is 29.0 Å². The van der Waals surface area contributed by atoms with E-state index in [0.29, 0.717) is 30.4 Å². The van der Waals surface area contributed by atoms with Crippen molar-refractivity contribution in [2.24, 2.45) is 7.05 Å². The van der Waals surface area contributed by atoms with E-state index in [1.165, 1.54) is 0 Å². The molecule has 7 nitrogen and oxygen atoms in total. The Bertz CT molecular complexity index is 540. The van der Waals surface area contributed by atoms with Crippen LogP contribution in [0.1, 0.15) is 16.8 Å². The van der Waals surface area contributed by atoms with E-state index in [1.54, 1.807) is 29.9 Å². The fourth-order valence-electron chi connectivity index (χ4n) is 1.52. The van der Waals surface area contributed by atoms with Gasteiger partial charge in [-0.2, -0.15) is 0 Å². The number of nitrogens with one attached hydrogen (secondary N) is 1. The molecule has 0 aliphatic rings. The highest BCUT2D eigenvalue weighted by Gasteiger charge is 2.00. The van der Waals surface area contributed by atoms with Crippen LogP contribution < -0.4 is 10.1 Å². The molecule has 1 aromatic heterocycles. The van der Waals surface area contributed by atoms with Crippen molar-refractivity contribution in [1.29, 1.82) is 0 Å². The first-order valence-electron chi connectivity index (χ1n) is 5.94. The van der Waals surface area contributed by atoms with E-state index in [4.69, 9.17) is 4.74 Å². The number of nitrogens with zero attached hydrogens (tertiary/aromatic N) is 4. The molecule has 2 rings (SSSR count). The predicted molar refractivity (Wildman–Crippen MR) is 69.2 cm³/mol. The first-order chi connectivity index (χ1) is 9.29. The van der Waals surface area contributed by atoms with Crippen LogP contribution in [0, 0.1) is 0 Å². The van der Waals surface area contributed by atoms with Gasteiger partial charge in [0.05, 0.1) is 6.61 Å². The van der Waals surface area contributed by atoms with Gasteiger partial charge in [-0.1, -0.05) is 17.2 Å². The molecular weight excluding hydrogens is 246 g/mol. The zero-order chi connectivity index (χ0) is 13.5. The fourth-order valence-corrected chi connectivity index (χ4v) is 1.52. The third kappa shape index (κ3) is 3.77. The number of rotatable bonds is 7. The number of hydrogen-bond acceptors (Lipinski definition) is 6. The number of ether oxygens (including phenoxy) is 1. The summed E-state index contributed by atoms with van der Waals surface area (Å²) in [4.78, 5) is 10.6. The molecule has 0 aliphatic carbocycles. The lowest BCUT2D eigenvalue weighted by Gasteiger charge is -2.07. The van der Waals surface area contributed by atoms with Gasteiger partial charge >= 0.3 is 0 Å². The number of anilines is 1. The lowest BCUT2D eigenvalue weighted by molar-refractivity contribution is 0.112. The molecule has 1 aromatic carbocycles. The average Bonchev–Trinajstić information content (AvgIpc) is 2.84. The van der Waals surface area contributed by atoms with E-state index in [0.717, 1.165) is 12.7 Å².